The van der Waals surface area contributed by atoms with Gasteiger partial charge in [0.1, 0.15) is 10.6 Å². The van der Waals surface area contributed by atoms with Crippen molar-refractivity contribution < 1.29 is 41.1 Å². The van der Waals surface area contributed by atoms with E-state index >= 15 is 0 Å². The molecule has 11 heteroatoms. The Hall–Kier alpha value is -1.85. The number of benzene rings is 1. The molecule has 1 rings (SSSR count). The van der Waals surface area contributed by atoms with Crippen LogP contribution in [0.2, 0.25) is 0 Å². The van der Waals surface area contributed by atoms with Crippen LogP contribution in [0.3, 0.4) is 0 Å². The van der Waals surface area contributed by atoms with Crippen LogP contribution >= 0.6 is 0 Å². The van der Waals surface area contributed by atoms with Crippen LogP contribution in [0, 0.1) is 0 Å². The monoisotopic (exact) mass is 315 g/mol. The molecule has 0 bridgehead atoms. The number of nitrogens with one attached hydrogen (secondary N) is 1. The third-order valence-electron chi connectivity index (χ3n) is 2.00. The first-order valence-electron chi connectivity index (χ1n) is 4.74. The Kier molecular flexibility index (Phi) is 4.57. The molecule has 0 amide bonds. The molecular formula is C9H8F3NO6S. The lowest BCUT2D eigenvalue weighted by Gasteiger charge is -2.13. The van der Waals surface area contributed by atoms with E-state index in [1.54, 1.807) is 0 Å². The van der Waals surface area contributed by atoms with Crippen LogP contribution in [0.5, 0.6) is 5.75 Å². The number of rotatable bonds is 4. The summed E-state index contributed by atoms with van der Waals surface area (Å²) in [6.07, 6.45) is -5.15. The minimum Gasteiger partial charge on any atom is -0.465 e. The van der Waals surface area contributed by atoms with Crippen molar-refractivity contribution in [2.45, 2.75) is 11.3 Å². The fraction of sp³-hybridized carbons (Fsp3) is 0.222. The summed E-state index contributed by atoms with van der Waals surface area (Å²) in [7, 11) is -3.69. The van der Waals surface area contributed by atoms with E-state index in [1.807, 2.05) is 0 Å². The minimum atomic E-state index is -5.15. The van der Waals surface area contributed by atoms with Gasteiger partial charge >= 0.3 is 12.3 Å². The molecule has 0 radical (unpaired) electrons. The fourth-order valence-corrected chi connectivity index (χ4v) is 1.98. The molecule has 0 aromatic heterocycles. The molecule has 0 spiro atoms. The maximum Gasteiger partial charge on any atom is 0.573 e. The molecule has 0 aliphatic carbocycles. The van der Waals surface area contributed by atoms with Crippen molar-refractivity contribution in [3.8, 4) is 5.75 Å². The standard InChI is InChI=1S/C9H8F3NO6S/c1-18-8(14)5-2-3-6(19-9(10,11)12)7(4-5)20(16,17)13-15/h2-4,13,15H,1H3. The van der Waals surface area contributed by atoms with Gasteiger partial charge in [0, 0.05) is 0 Å². The SMILES string of the molecule is COC(=O)c1ccc(OC(F)(F)F)c(S(=O)(=O)NO)c1. The number of alkyl halides is 3. The van der Waals surface area contributed by atoms with E-state index in [-0.39, 0.29) is 5.56 Å². The summed E-state index contributed by atoms with van der Waals surface area (Å²) in [5.74, 6) is -2.08. The van der Waals surface area contributed by atoms with Crippen LogP contribution in [-0.4, -0.2) is 33.1 Å². The Balaban J connectivity index is 3.43. The van der Waals surface area contributed by atoms with Gasteiger partial charge in [0.15, 0.2) is 0 Å². The van der Waals surface area contributed by atoms with Crippen molar-refractivity contribution in [3.05, 3.63) is 23.8 Å². The highest BCUT2D eigenvalue weighted by atomic mass is 32.2. The second-order valence-corrected chi connectivity index (χ2v) is 4.92. The number of carbonyl (C=O) groups excluding carboxylic acids is 1. The summed E-state index contributed by atoms with van der Waals surface area (Å²) in [6, 6.07) is 2.07. The second kappa shape index (κ2) is 5.64. The number of esters is 1. The van der Waals surface area contributed by atoms with Crippen LogP contribution < -0.4 is 9.62 Å². The minimum absolute atomic E-state index is 0.337. The number of halogens is 3. The molecule has 1 aromatic rings. The van der Waals surface area contributed by atoms with Gasteiger partial charge in [0.2, 0.25) is 0 Å². The zero-order valence-corrected chi connectivity index (χ0v) is 10.6. The first kappa shape index (κ1) is 16.2. The lowest BCUT2D eigenvalue weighted by Crippen LogP contribution is -2.24. The van der Waals surface area contributed by atoms with Gasteiger partial charge in [0.25, 0.3) is 10.0 Å². The van der Waals surface area contributed by atoms with Crippen LogP contribution in [0.15, 0.2) is 23.1 Å². The smallest absolute Gasteiger partial charge is 0.465 e. The molecule has 2 N–H and O–H groups in total. The number of hydrogen-bond donors (Lipinski definition) is 2. The Morgan fingerprint density at radius 1 is 1.35 bits per heavy atom. The largest absolute Gasteiger partial charge is 0.573 e. The van der Waals surface area contributed by atoms with Gasteiger partial charge in [-0.15, -0.1) is 13.2 Å². The predicted molar refractivity (Wildman–Crippen MR) is 56.6 cm³/mol. The molecule has 0 atom stereocenters. The molecule has 0 aliphatic rings. The van der Waals surface area contributed by atoms with Crippen molar-refractivity contribution in [2.75, 3.05) is 7.11 Å². The van der Waals surface area contributed by atoms with Crippen LogP contribution in [0.4, 0.5) is 13.2 Å². The maximum atomic E-state index is 12.1. The zero-order valence-electron chi connectivity index (χ0n) is 9.76. The average Bonchev–Trinajstić information content (AvgIpc) is 2.36. The summed E-state index contributed by atoms with van der Waals surface area (Å²) < 4.78 is 67.1. The highest BCUT2D eigenvalue weighted by Gasteiger charge is 2.34. The van der Waals surface area contributed by atoms with E-state index in [9.17, 15) is 26.4 Å². The van der Waals surface area contributed by atoms with E-state index in [2.05, 4.69) is 9.47 Å². The van der Waals surface area contributed by atoms with Gasteiger partial charge in [-0.05, 0) is 18.2 Å². The quantitative estimate of drug-likeness (QED) is 0.636. The zero-order chi connectivity index (χ0) is 15.6. The molecule has 0 fully saturated rings. The summed E-state index contributed by atoms with van der Waals surface area (Å²) in [5.41, 5.74) is -0.337. The van der Waals surface area contributed by atoms with E-state index in [0.29, 0.717) is 12.1 Å². The molecule has 0 saturated carbocycles. The average molecular weight is 315 g/mol. The molecular weight excluding hydrogens is 307 g/mol. The van der Waals surface area contributed by atoms with Gasteiger partial charge in [-0.1, -0.05) is 4.89 Å². The summed E-state index contributed by atoms with van der Waals surface area (Å²) in [6.45, 7) is 0. The Morgan fingerprint density at radius 2 is 1.95 bits per heavy atom. The maximum absolute atomic E-state index is 12.1. The van der Waals surface area contributed by atoms with Crippen molar-refractivity contribution >= 4 is 16.0 Å². The van der Waals surface area contributed by atoms with Gasteiger partial charge < -0.3 is 14.7 Å². The third-order valence-corrected chi connectivity index (χ3v) is 3.14. The Bertz CT molecular complexity index is 613. The van der Waals surface area contributed by atoms with Crippen LogP contribution in [0.1, 0.15) is 10.4 Å². The number of hydrogen-bond acceptors (Lipinski definition) is 6. The molecule has 0 saturated heterocycles. The first-order chi connectivity index (χ1) is 9.10. The van der Waals surface area contributed by atoms with Gasteiger partial charge in [0.05, 0.1) is 12.7 Å². The van der Waals surface area contributed by atoms with Crippen molar-refractivity contribution in [1.82, 2.24) is 4.89 Å². The molecule has 0 unspecified atom stereocenters. The summed E-state index contributed by atoms with van der Waals surface area (Å²) in [4.78, 5) is 11.0. The molecule has 112 valence electrons. The molecule has 1 aromatic carbocycles. The first-order valence-corrected chi connectivity index (χ1v) is 6.23. The molecule has 20 heavy (non-hydrogen) atoms. The lowest BCUT2D eigenvalue weighted by atomic mass is 10.2. The Morgan fingerprint density at radius 3 is 2.40 bits per heavy atom. The third kappa shape index (κ3) is 3.82. The predicted octanol–water partition coefficient (Wildman–Crippen LogP) is 1.04. The number of methoxy groups -OCH3 is 1. The summed E-state index contributed by atoms with van der Waals surface area (Å²) in [5, 5.41) is 8.47. The fourth-order valence-electron chi connectivity index (χ4n) is 1.22. The lowest BCUT2D eigenvalue weighted by molar-refractivity contribution is -0.275. The van der Waals surface area contributed by atoms with E-state index in [4.69, 9.17) is 5.21 Å². The van der Waals surface area contributed by atoms with Gasteiger partial charge in [-0.2, -0.15) is 0 Å². The molecule has 0 heterocycles. The topological polar surface area (TPSA) is 102 Å². The number of sulfonamides is 1. The van der Waals surface area contributed by atoms with Crippen molar-refractivity contribution in [3.63, 3.8) is 0 Å². The normalized spacial score (nSPS) is 12.1. The van der Waals surface area contributed by atoms with Crippen molar-refractivity contribution in [2.24, 2.45) is 0 Å². The van der Waals surface area contributed by atoms with E-state index in [0.717, 1.165) is 18.1 Å². The second-order valence-electron chi connectivity index (χ2n) is 3.30. The number of ether oxygens (including phenoxy) is 2. The van der Waals surface area contributed by atoms with Crippen LogP contribution in [-0.2, 0) is 14.8 Å². The Labute approximate surface area is 110 Å². The van der Waals surface area contributed by atoms with Crippen molar-refractivity contribution in [1.29, 1.82) is 0 Å². The summed E-state index contributed by atoms with van der Waals surface area (Å²) >= 11 is 0. The highest BCUT2D eigenvalue weighted by Crippen LogP contribution is 2.30. The van der Waals surface area contributed by atoms with E-state index < -0.39 is 33.0 Å². The molecule has 7 nitrogen and oxygen atoms in total. The highest BCUT2D eigenvalue weighted by molar-refractivity contribution is 7.89. The van der Waals surface area contributed by atoms with Crippen LogP contribution in [0.25, 0.3) is 0 Å². The molecule has 0 aliphatic heterocycles. The van der Waals surface area contributed by atoms with Gasteiger partial charge in [-0.25, -0.2) is 13.2 Å². The van der Waals surface area contributed by atoms with Gasteiger partial charge in [-0.3, -0.25) is 0 Å². The number of carbonyl (C=O) groups is 1. The van der Waals surface area contributed by atoms with E-state index in [1.165, 1.54) is 0 Å².